The number of non-ortho nitro benzene ring substituents is 1. The molecule has 0 heterocycles. The molecular weight excluding hydrogens is 363 g/mol. The van der Waals surface area contributed by atoms with Crippen molar-refractivity contribution in [3.63, 3.8) is 0 Å². The summed E-state index contributed by atoms with van der Waals surface area (Å²) in [7, 11) is 1.56. The summed E-state index contributed by atoms with van der Waals surface area (Å²) >= 11 is 1.96. The van der Waals surface area contributed by atoms with Crippen LogP contribution < -0.4 is 0 Å². The molecule has 0 aliphatic rings. The molecule has 0 aromatic heterocycles. The molecule has 1 aromatic rings. The lowest BCUT2D eigenvalue weighted by Crippen LogP contribution is -2.47. The van der Waals surface area contributed by atoms with Crippen LogP contribution in [0.2, 0.25) is 0 Å². The number of hydrogen-bond acceptors (Lipinski definition) is 4. The molecule has 0 radical (unpaired) electrons. The Morgan fingerprint density at radius 2 is 2.11 bits per heavy atom. The van der Waals surface area contributed by atoms with Crippen LogP contribution in [0.3, 0.4) is 0 Å². The number of benzene rings is 1. The first-order valence-electron chi connectivity index (χ1n) is 5.53. The average Bonchev–Trinajstić information content (AvgIpc) is 2.37. The van der Waals surface area contributed by atoms with E-state index in [1.165, 1.54) is 23.1 Å². The molecular formula is C12H15IN2O4. The number of aliphatic hydroxyl groups excluding tert-OH is 1. The van der Waals surface area contributed by atoms with E-state index in [0.717, 1.165) is 0 Å². The van der Waals surface area contributed by atoms with E-state index in [0.29, 0.717) is 3.57 Å². The van der Waals surface area contributed by atoms with Crippen molar-refractivity contribution in [3.8, 4) is 0 Å². The molecule has 0 bridgehead atoms. The van der Waals surface area contributed by atoms with E-state index >= 15 is 0 Å². The molecule has 0 aliphatic carbocycles. The van der Waals surface area contributed by atoms with Crippen molar-refractivity contribution in [1.29, 1.82) is 0 Å². The van der Waals surface area contributed by atoms with Crippen LogP contribution in [0, 0.1) is 13.7 Å². The van der Waals surface area contributed by atoms with Gasteiger partial charge in [-0.25, -0.2) is 0 Å². The summed E-state index contributed by atoms with van der Waals surface area (Å²) in [5.74, 6) is -0.354. The maximum atomic E-state index is 12.3. The molecule has 1 aromatic carbocycles. The van der Waals surface area contributed by atoms with Gasteiger partial charge in [-0.05, 0) is 42.5 Å². The smallest absolute Gasteiger partial charge is 0.270 e. The monoisotopic (exact) mass is 378 g/mol. The van der Waals surface area contributed by atoms with Crippen molar-refractivity contribution < 1.29 is 14.8 Å². The molecule has 0 fully saturated rings. The predicted molar refractivity (Wildman–Crippen MR) is 79.1 cm³/mol. The van der Waals surface area contributed by atoms with E-state index in [-0.39, 0.29) is 23.8 Å². The highest BCUT2D eigenvalue weighted by Gasteiger charge is 2.29. The Bertz CT molecular complexity index is 516. The summed E-state index contributed by atoms with van der Waals surface area (Å²) in [5, 5.41) is 20.0. The topological polar surface area (TPSA) is 83.7 Å². The van der Waals surface area contributed by atoms with Gasteiger partial charge in [-0.3, -0.25) is 14.9 Å². The number of hydrogen-bond donors (Lipinski definition) is 1. The third-order valence-corrected chi connectivity index (χ3v) is 3.93. The van der Waals surface area contributed by atoms with E-state index < -0.39 is 10.5 Å². The minimum Gasteiger partial charge on any atom is -0.394 e. The van der Waals surface area contributed by atoms with Crippen LogP contribution in [0.1, 0.15) is 24.2 Å². The Hall–Kier alpha value is -1.22. The lowest BCUT2D eigenvalue weighted by Gasteiger charge is -2.34. The largest absolute Gasteiger partial charge is 0.394 e. The Morgan fingerprint density at radius 1 is 1.53 bits per heavy atom. The molecule has 1 amide bonds. The van der Waals surface area contributed by atoms with E-state index in [1.54, 1.807) is 20.9 Å². The number of carbonyl (C=O) groups is 1. The molecule has 0 spiro atoms. The van der Waals surface area contributed by atoms with Gasteiger partial charge in [-0.1, -0.05) is 0 Å². The first kappa shape index (κ1) is 15.8. The van der Waals surface area contributed by atoms with Crippen LogP contribution >= 0.6 is 22.6 Å². The van der Waals surface area contributed by atoms with Crippen LogP contribution in [-0.4, -0.2) is 40.0 Å². The minimum atomic E-state index is -0.731. The van der Waals surface area contributed by atoms with Gasteiger partial charge < -0.3 is 10.0 Å². The summed E-state index contributed by atoms with van der Waals surface area (Å²) in [6.07, 6.45) is 0. The highest BCUT2D eigenvalue weighted by molar-refractivity contribution is 14.1. The van der Waals surface area contributed by atoms with Gasteiger partial charge in [0.2, 0.25) is 0 Å². The van der Waals surface area contributed by atoms with Crippen LogP contribution in [-0.2, 0) is 0 Å². The van der Waals surface area contributed by atoms with Crippen LogP contribution in [0.25, 0.3) is 0 Å². The Balaban J connectivity index is 3.19. The van der Waals surface area contributed by atoms with Crippen LogP contribution in [0.5, 0.6) is 0 Å². The molecule has 104 valence electrons. The first-order valence-corrected chi connectivity index (χ1v) is 6.61. The number of carbonyl (C=O) groups excluding carboxylic acids is 1. The molecule has 0 atom stereocenters. The van der Waals surface area contributed by atoms with Crippen molar-refractivity contribution in [1.82, 2.24) is 4.90 Å². The number of amides is 1. The van der Waals surface area contributed by atoms with Gasteiger partial charge >= 0.3 is 0 Å². The highest BCUT2D eigenvalue weighted by atomic mass is 127. The zero-order valence-electron chi connectivity index (χ0n) is 10.9. The van der Waals surface area contributed by atoms with Gasteiger partial charge in [-0.15, -0.1) is 0 Å². The maximum absolute atomic E-state index is 12.3. The van der Waals surface area contributed by atoms with E-state index in [4.69, 9.17) is 0 Å². The second-order valence-electron chi connectivity index (χ2n) is 4.76. The van der Waals surface area contributed by atoms with Gasteiger partial charge in [0.25, 0.3) is 11.6 Å². The van der Waals surface area contributed by atoms with Gasteiger partial charge in [0.05, 0.1) is 22.6 Å². The fourth-order valence-corrected chi connectivity index (χ4v) is 1.92. The van der Waals surface area contributed by atoms with Gasteiger partial charge in [-0.2, -0.15) is 0 Å². The number of nitrogens with zero attached hydrogens (tertiary/aromatic N) is 2. The second kappa shape index (κ2) is 5.83. The third-order valence-electron chi connectivity index (χ3n) is 2.99. The zero-order valence-corrected chi connectivity index (χ0v) is 13.0. The summed E-state index contributed by atoms with van der Waals surface area (Å²) in [4.78, 5) is 23.9. The van der Waals surface area contributed by atoms with Crippen LogP contribution in [0.15, 0.2) is 18.2 Å². The molecule has 1 rings (SSSR count). The maximum Gasteiger partial charge on any atom is 0.270 e. The number of rotatable bonds is 4. The quantitative estimate of drug-likeness (QED) is 0.494. The minimum absolute atomic E-state index is 0.126. The van der Waals surface area contributed by atoms with Crippen molar-refractivity contribution in [3.05, 3.63) is 37.4 Å². The summed E-state index contributed by atoms with van der Waals surface area (Å²) < 4.78 is 0.633. The molecule has 7 heteroatoms. The number of aliphatic hydroxyl groups is 1. The molecule has 6 nitrogen and oxygen atoms in total. The number of halogens is 1. The molecule has 0 saturated carbocycles. The predicted octanol–water partition coefficient (Wildman–Crippen LogP) is 2.04. The Kier molecular flexibility index (Phi) is 4.86. The molecule has 0 unspecified atom stereocenters. The van der Waals surface area contributed by atoms with Crippen molar-refractivity contribution >= 4 is 34.2 Å². The summed E-state index contributed by atoms with van der Waals surface area (Å²) in [6, 6.07) is 4.15. The van der Waals surface area contributed by atoms with E-state index in [1.807, 2.05) is 22.6 Å². The van der Waals surface area contributed by atoms with E-state index in [9.17, 15) is 20.0 Å². The second-order valence-corrected chi connectivity index (χ2v) is 5.92. The summed E-state index contributed by atoms with van der Waals surface area (Å²) in [6.45, 7) is 3.24. The fourth-order valence-electron chi connectivity index (χ4n) is 1.35. The molecule has 0 aliphatic heterocycles. The zero-order chi connectivity index (χ0) is 14.8. The average molecular weight is 378 g/mol. The highest BCUT2D eigenvalue weighted by Crippen LogP contribution is 2.23. The van der Waals surface area contributed by atoms with Crippen molar-refractivity contribution in [2.75, 3.05) is 13.7 Å². The van der Waals surface area contributed by atoms with Crippen molar-refractivity contribution in [2.24, 2.45) is 0 Å². The van der Waals surface area contributed by atoms with Crippen LogP contribution in [0.4, 0.5) is 5.69 Å². The van der Waals surface area contributed by atoms with Gasteiger partial charge in [0.1, 0.15) is 0 Å². The number of likely N-dealkylation sites (N-methyl/N-ethyl adjacent to an activating group) is 1. The molecule has 0 saturated heterocycles. The Morgan fingerprint density at radius 3 is 2.58 bits per heavy atom. The van der Waals surface area contributed by atoms with Crippen molar-refractivity contribution in [2.45, 2.75) is 19.4 Å². The molecule has 1 N–H and O–H groups in total. The lowest BCUT2D eigenvalue weighted by molar-refractivity contribution is -0.384. The SMILES string of the molecule is CN(C(=O)c1cc([N+](=O)[O-])ccc1I)C(C)(C)CO. The number of nitro benzene ring substituents is 1. The lowest BCUT2D eigenvalue weighted by atomic mass is 10.0. The van der Waals surface area contributed by atoms with Gasteiger partial charge in [0, 0.05) is 22.8 Å². The summed E-state index contributed by atoms with van der Waals surface area (Å²) in [5.41, 5.74) is -0.595. The third kappa shape index (κ3) is 3.41. The van der Waals surface area contributed by atoms with E-state index in [2.05, 4.69) is 0 Å². The Labute approximate surface area is 124 Å². The fraction of sp³-hybridized carbons (Fsp3) is 0.417. The first-order chi connectivity index (χ1) is 8.70. The normalized spacial score (nSPS) is 11.2. The standard InChI is InChI=1S/C12H15IN2O4/c1-12(2,7-16)14(3)11(17)9-6-8(15(18)19)4-5-10(9)13/h4-6,16H,7H2,1-3H3. The number of nitro groups is 1. The molecule has 19 heavy (non-hydrogen) atoms. The van der Waals surface area contributed by atoms with Gasteiger partial charge in [0.15, 0.2) is 0 Å².